The zero-order valence-electron chi connectivity index (χ0n) is 12.3. The lowest BCUT2D eigenvalue weighted by molar-refractivity contribution is 0.0951. The van der Waals surface area contributed by atoms with E-state index in [1.807, 2.05) is 12.1 Å². The van der Waals surface area contributed by atoms with E-state index in [0.717, 1.165) is 12.0 Å². The smallest absolute Gasteiger partial charge is 0.251 e. The van der Waals surface area contributed by atoms with Gasteiger partial charge in [0, 0.05) is 12.1 Å². The van der Waals surface area contributed by atoms with Crippen LogP contribution in [0.25, 0.3) is 0 Å². The molecule has 0 aromatic heterocycles. The van der Waals surface area contributed by atoms with Gasteiger partial charge in [0.1, 0.15) is 5.75 Å². The third kappa shape index (κ3) is 3.75. The summed E-state index contributed by atoms with van der Waals surface area (Å²) in [6.07, 6.45) is 1.01. The number of anilines is 1. The second kappa shape index (κ2) is 6.79. The van der Waals surface area contributed by atoms with E-state index >= 15 is 0 Å². The van der Waals surface area contributed by atoms with Crippen LogP contribution in [-0.4, -0.2) is 13.0 Å². The predicted octanol–water partition coefficient (Wildman–Crippen LogP) is 2.77. The van der Waals surface area contributed by atoms with Crippen LogP contribution in [0, 0.1) is 0 Å². The van der Waals surface area contributed by atoms with Gasteiger partial charge in [-0.05, 0) is 35.7 Å². The van der Waals surface area contributed by atoms with Gasteiger partial charge in [0.2, 0.25) is 0 Å². The third-order valence-corrected chi connectivity index (χ3v) is 3.38. The number of aryl methyl sites for hydroxylation is 1. The van der Waals surface area contributed by atoms with Crippen LogP contribution < -0.4 is 15.8 Å². The topological polar surface area (TPSA) is 64.3 Å². The van der Waals surface area contributed by atoms with Gasteiger partial charge in [0.25, 0.3) is 5.91 Å². The van der Waals surface area contributed by atoms with Crippen LogP contribution in [0.1, 0.15) is 28.4 Å². The summed E-state index contributed by atoms with van der Waals surface area (Å²) in [7, 11) is 1.55. The number of amides is 1. The Kier molecular flexibility index (Phi) is 4.82. The van der Waals surface area contributed by atoms with Crippen LogP contribution >= 0.6 is 0 Å². The van der Waals surface area contributed by atoms with Gasteiger partial charge in [-0.3, -0.25) is 4.79 Å². The van der Waals surface area contributed by atoms with E-state index in [-0.39, 0.29) is 5.91 Å². The minimum absolute atomic E-state index is 0.149. The number of nitrogen functional groups attached to an aromatic ring is 1. The first-order valence-electron chi connectivity index (χ1n) is 6.93. The molecule has 2 aromatic rings. The van der Waals surface area contributed by atoms with Gasteiger partial charge in [-0.15, -0.1) is 0 Å². The van der Waals surface area contributed by atoms with Crippen LogP contribution in [-0.2, 0) is 13.0 Å². The normalized spacial score (nSPS) is 10.2. The van der Waals surface area contributed by atoms with Gasteiger partial charge < -0.3 is 15.8 Å². The molecule has 0 saturated heterocycles. The molecule has 3 N–H and O–H groups in total. The molecule has 4 nitrogen and oxygen atoms in total. The van der Waals surface area contributed by atoms with Gasteiger partial charge in [0.05, 0.1) is 12.8 Å². The highest BCUT2D eigenvalue weighted by atomic mass is 16.5. The van der Waals surface area contributed by atoms with Crippen molar-refractivity contribution in [3.63, 3.8) is 0 Å². The lowest BCUT2D eigenvalue weighted by Gasteiger charge is -2.08. The Morgan fingerprint density at radius 1 is 1.14 bits per heavy atom. The zero-order chi connectivity index (χ0) is 15.2. The number of nitrogens with two attached hydrogens (primary N) is 1. The van der Waals surface area contributed by atoms with Gasteiger partial charge >= 0.3 is 0 Å². The molecule has 0 unspecified atom stereocenters. The number of hydrogen-bond acceptors (Lipinski definition) is 3. The minimum atomic E-state index is -0.149. The summed E-state index contributed by atoms with van der Waals surface area (Å²) in [6.45, 7) is 2.61. The first kappa shape index (κ1) is 14.9. The molecule has 0 heterocycles. The van der Waals surface area contributed by atoms with Crippen molar-refractivity contribution in [1.29, 1.82) is 0 Å². The molecule has 0 spiro atoms. The van der Waals surface area contributed by atoms with E-state index in [0.29, 0.717) is 23.5 Å². The molecule has 0 fully saturated rings. The Morgan fingerprint density at radius 2 is 1.81 bits per heavy atom. The molecule has 2 rings (SSSR count). The zero-order valence-corrected chi connectivity index (χ0v) is 12.3. The number of benzene rings is 2. The van der Waals surface area contributed by atoms with E-state index in [1.54, 1.807) is 25.3 Å². The van der Waals surface area contributed by atoms with Gasteiger partial charge in [-0.1, -0.05) is 31.2 Å². The molecule has 2 aromatic carbocycles. The summed E-state index contributed by atoms with van der Waals surface area (Å²) in [5, 5.41) is 2.88. The lowest BCUT2D eigenvalue weighted by Crippen LogP contribution is -2.22. The van der Waals surface area contributed by atoms with Crippen LogP contribution in [0.2, 0.25) is 0 Å². The lowest BCUT2D eigenvalue weighted by atomic mass is 10.1. The van der Waals surface area contributed by atoms with Crippen LogP contribution in [0.15, 0.2) is 42.5 Å². The summed E-state index contributed by atoms with van der Waals surface area (Å²) in [5.41, 5.74) is 9.14. The number of carbonyl (C=O) groups excluding carboxylic acids is 1. The third-order valence-electron chi connectivity index (χ3n) is 3.38. The maximum absolute atomic E-state index is 12.1. The summed E-state index contributed by atoms with van der Waals surface area (Å²) in [4.78, 5) is 12.1. The molecule has 4 heteroatoms. The summed E-state index contributed by atoms with van der Waals surface area (Å²) >= 11 is 0. The molecule has 0 saturated carbocycles. The standard InChI is InChI=1S/C17H20N2O2/c1-3-12-4-6-13(7-5-12)11-19-17(20)14-8-9-16(21-2)15(18)10-14/h4-10H,3,11,18H2,1-2H3,(H,19,20). The summed E-state index contributed by atoms with van der Waals surface area (Å²) in [5.74, 6) is 0.422. The van der Waals surface area contributed by atoms with E-state index in [9.17, 15) is 4.79 Å². The Labute approximate surface area is 124 Å². The molecule has 1 amide bonds. The molecule has 0 radical (unpaired) electrons. The maximum Gasteiger partial charge on any atom is 0.251 e. The quantitative estimate of drug-likeness (QED) is 0.830. The number of nitrogens with one attached hydrogen (secondary N) is 1. The highest BCUT2D eigenvalue weighted by Gasteiger charge is 2.08. The van der Waals surface area contributed by atoms with Crippen molar-refractivity contribution in [3.05, 3.63) is 59.2 Å². The first-order chi connectivity index (χ1) is 10.1. The monoisotopic (exact) mass is 284 g/mol. The molecule has 110 valence electrons. The number of rotatable bonds is 5. The Bertz CT molecular complexity index is 621. The second-order valence-electron chi connectivity index (χ2n) is 4.81. The molecule has 0 aliphatic carbocycles. The van der Waals surface area contributed by atoms with E-state index < -0.39 is 0 Å². The highest BCUT2D eigenvalue weighted by Crippen LogP contribution is 2.21. The molecular weight excluding hydrogens is 264 g/mol. The average molecular weight is 284 g/mol. The summed E-state index contributed by atoms with van der Waals surface area (Å²) in [6, 6.07) is 13.2. The molecule has 21 heavy (non-hydrogen) atoms. The second-order valence-corrected chi connectivity index (χ2v) is 4.81. The van der Waals surface area contributed by atoms with Crippen molar-refractivity contribution >= 4 is 11.6 Å². The van der Waals surface area contributed by atoms with Crippen molar-refractivity contribution in [2.45, 2.75) is 19.9 Å². The van der Waals surface area contributed by atoms with Crippen molar-refractivity contribution in [1.82, 2.24) is 5.32 Å². The highest BCUT2D eigenvalue weighted by molar-refractivity contribution is 5.95. The van der Waals surface area contributed by atoms with Crippen LogP contribution in [0.4, 0.5) is 5.69 Å². The molecule has 0 atom stereocenters. The fourth-order valence-electron chi connectivity index (χ4n) is 2.05. The van der Waals surface area contributed by atoms with Crippen molar-refractivity contribution < 1.29 is 9.53 Å². The average Bonchev–Trinajstić information content (AvgIpc) is 2.53. The largest absolute Gasteiger partial charge is 0.495 e. The van der Waals surface area contributed by atoms with Crippen LogP contribution in [0.3, 0.4) is 0 Å². The Morgan fingerprint density at radius 3 is 2.38 bits per heavy atom. The van der Waals surface area contributed by atoms with E-state index in [2.05, 4.69) is 24.4 Å². The SMILES string of the molecule is CCc1ccc(CNC(=O)c2ccc(OC)c(N)c2)cc1. The van der Waals surface area contributed by atoms with Crippen molar-refractivity contribution in [2.75, 3.05) is 12.8 Å². The molecule has 0 aliphatic rings. The maximum atomic E-state index is 12.1. The van der Waals surface area contributed by atoms with Crippen LogP contribution in [0.5, 0.6) is 5.75 Å². The predicted molar refractivity (Wildman–Crippen MR) is 84.4 cm³/mol. The fourth-order valence-corrected chi connectivity index (χ4v) is 2.05. The number of ether oxygens (including phenoxy) is 1. The van der Waals surface area contributed by atoms with Gasteiger partial charge in [-0.2, -0.15) is 0 Å². The van der Waals surface area contributed by atoms with Crippen molar-refractivity contribution in [3.8, 4) is 5.75 Å². The van der Waals surface area contributed by atoms with E-state index in [1.165, 1.54) is 5.56 Å². The van der Waals surface area contributed by atoms with Crippen molar-refractivity contribution in [2.24, 2.45) is 0 Å². The fraction of sp³-hybridized carbons (Fsp3) is 0.235. The number of methoxy groups -OCH3 is 1. The number of hydrogen-bond donors (Lipinski definition) is 2. The molecular formula is C17H20N2O2. The minimum Gasteiger partial charge on any atom is -0.495 e. The Balaban J connectivity index is 1.99. The van der Waals surface area contributed by atoms with E-state index in [4.69, 9.17) is 10.5 Å². The number of carbonyl (C=O) groups is 1. The van der Waals surface area contributed by atoms with Gasteiger partial charge in [0.15, 0.2) is 0 Å². The Hall–Kier alpha value is -2.49. The molecule has 0 aliphatic heterocycles. The summed E-state index contributed by atoms with van der Waals surface area (Å²) < 4.78 is 5.07. The first-order valence-corrected chi connectivity index (χ1v) is 6.93. The van der Waals surface area contributed by atoms with Gasteiger partial charge in [-0.25, -0.2) is 0 Å². The molecule has 0 bridgehead atoms.